The molecule has 1 unspecified atom stereocenters. The quantitative estimate of drug-likeness (QED) is 0.211. The summed E-state index contributed by atoms with van der Waals surface area (Å²) < 4.78 is 0. The highest BCUT2D eigenvalue weighted by Gasteiger charge is 2.20. The van der Waals surface area contributed by atoms with E-state index in [4.69, 9.17) is 22.0 Å². The van der Waals surface area contributed by atoms with Gasteiger partial charge in [-0.3, -0.25) is 9.59 Å². The molecule has 1 atom stereocenters. The van der Waals surface area contributed by atoms with E-state index in [2.05, 4.69) is 10.1 Å². The van der Waals surface area contributed by atoms with Gasteiger partial charge in [0.05, 0.1) is 5.92 Å². The fourth-order valence-corrected chi connectivity index (χ4v) is 1.45. The van der Waals surface area contributed by atoms with Crippen molar-refractivity contribution in [3.8, 4) is 0 Å². The fourth-order valence-electron chi connectivity index (χ4n) is 1.45. The van der Waals surface area contributed by atoms with Crippen LogP contribution in [0.15, 0.2) is 28.3 Å². The van der Waals surface area contributed by atoms with Gasteiger partial charge in [0, 0.05) is 11.8 Å². The molecular formula is C10H15N5O3. The summed E-state index contributed by atoms with van der Waals surface area (Å²) in [6, 6.07) is 3.15. The van der Waals surface area contributed by atoms with E-state index < -0.39 is 11.8 Å². The summed E-state index contributed by atoms with van der Waals surface area (Å²) in [6.45, 7) is 0.0693. The van der Waals surface area contributed by atoms with Gasteiger partial charge in [-0.15, -0.1) is 0 Å². The van der Waals surface area contributed by atoms with E-state index in [0.717, 1.165) is 0 Å². The lowest BCUT2D eigenvalue weighted by Crippen LogP contribution is -2.28. The number of rotatable bonds is 6. The molecular weight excluding hydrogens is 238 g/mol. The molecule has 0 saturated heterocycles. The van der Waals surface area contributed by atoms with Crippen molar-refractivity contribution in [2.75, 3.05) is 6.61 Å². The summed E-state index contributed by atoms with van der Waals surface area (Å²) in [5.74, 6) is -1.58. The normalized spacial score (nSPS) is 11.6. The topological polar surface area (TPSA) is 150 Å². The average Bonchev–Trinajstić information content (AvgIpc) is 2.30. The molecule has 0 saturated carbocycles. The van der Waals surface area contributed by atoms with Gasteiger partial charge in [-0.05, 0) is 17.6 Å². The van der Waals surface area contributed by atoms with Gasteiger partial charge < -0.3 is 27.0 Å². The smallest absolute Gasteiger partial charge is 0.251 e. The van der Waals surface area contributed by atoms with Crippen LogP contribution in [0.25, 0.3) is 0 Å². The van der Waals surface area contributed by atoms with Crippen molar-refractivity contribution in [3.63, 3.8) is 0 Å². The lowest BCUT2D eigenvalue weighted by atomic mass is 9.97. The van der Waals surface area contributed by atoms with Gasteiger partial charge in [0.1, 0.15) is 6.61 Å². The van der Waals surface area contributed by atoms with Gasteiger partial charge in [-0.2, -0.15) is 0 Å². The number of nitrogens with zero attached hydrogens (tertiary/aromatic N) is 1. The van der Waals surface area contributed by atoms with Crippen LogP contribution in [0.2, 0.25) is 0 Å². The van der Waals surface area contributed by atoms with Crippen LogP contribution in [-0.4, -0.2) is 23.5 Å². The third-order valence-corrected chi connectivity index (χ3v) is 2.24. The molecule has 1 aromatic heterocycles. The molecule has 0 aliphatic carbocycles. The Balaban J connectivity index is 2.73. The fraction of sp³-hybridized carbons (Fsp3) is 0.300. The standard InChI is InChI=1S/C10H15N5O3/c11-8(16)6(3-5-18-15-10(12)13)7-2-1-4-14-9(7)17/h1-2,4,6H,3,5H2,(H2,11,16)(H,14,17)(H4,12,13,15). The molecule has 1 heterocycles. The number of hydrogen-bond acceptors (Lipinski definition) is 4. The Morgan fingerprint density at radius 3 is 2.72 bits per heavy atom. The number of nitrogens with two attached hydrogens (primary N) is 3. The van der Waals surface area contributed by atoms with Crippen LogP contribution in [0.5, 0.6) is 0 Å². The Bertz CT molecular complexity index is 492. The van der Waals surface area contributed by atoms with Gasteiger partial charge in [-0.25, -0.2) is 0 Å². The number of pyridine rings is 1. The summed E-state index contributed by atoms with van der Waals surface area (Å²) >= 11 is 0. The Morgan fingerprint density at radius 1 is 1.44 bits per heavy atom. The minimum absolute atomic E-state index is 0.0693. The maximum absolute atomic E-state index is 11.5. The van der Waals surface area contributed by atoms with E-state index in [1.165, 1.54) is 12.3 Å². The highest BCUT2D eigenvalue weighted by Crippen LogP contribution is 2.15. The average molecular weight is 253 g/mol. The Hall–Kier alpha value is -2.51. The van der Waals surface area contributed by atoms with Crippen LogP contribution in [0.3, 0.4) is 0 Å². The van der Waals surface area contributed by atoms with Gasteiger partial charge in [0.15, 0.2) is 0 Å². The Morgan fingerprint density at radius 2 is 2.17 bits per heavy atom. The number of oxime groups is 1. The van der Waals surface area contributed by atoms with Gasteiger partial charge >= 0.3 is 0 Å². The number of primary amides is 1. The molecule has 0 aliphatic rings. The van der Waals surface area contributed by atoms with Crippen LogP contribution in [-0.2, 0) is 9.63 Å². The number of aromatic amines is 1. The maximum Gasteiger partial charge on any atom is 0.251 e. The van der Waals surface area contributed by atoms with E-state index in [1.807, 2.05) is 0 Å². The molecule has 98 valence electrons. The SMILES string of the molecule is NC(=O)C(CCON=C(N)N)c1ccc[nH]c1=O. The van der Waals surface area contributed by atoms with Crippen molar-refractivity contribution >= 4 is 11.9 Å². The van der Waals surface area contributed by atoms with E-state index in [9.17, 15) is 9.59 Å². The first-order valence-corrected chi connectivity index (χ1v) is 5.20. The lowest BCUT2D eigenvalue weighted by Gasteiger charge is -2.11. The Labute approximate surface area is 103 Å². The van der Waals surface area contributed by atoms with Crippen molar-refractivity contribution in [1.82, 2.24) is 4.98 Å². The number of aromatic nitrogens is 1. The molecule has 7 N–H and O–H groups in total. The number of carbonyl (C=O) groups is 1. The second-order valence-electron chi connectivity index (χ2n) is 3.55. The third-order valence-electron chi connectivity index (χ3n) is 2.24. The molecule has 8 heteroatoms. The van der Waals surface area contributed by atoms with E-state index in [1.54, 1.807) is 6.07 Å². The van der Waals surface area contributed by atoms with Gasteiger partial charge in [-0.1, -0.05) is 6.07 Å². The summed E-state index contributed by atoms with van der Waals surface area (Å²) in [4.78, 5) is 30.1. The van der Waals surface area contributed by atoms with Crippen LogP contribution in [0, 0.1) is 0 Å². The van der Waals surface area contributed by atoms with Crippen molar-refractivity contribution in [2.45, 2.75) is 12.3 Å². The number of H-pyrrole nitrogens is 1. The minimum atomic E-state index is -0.746. The van der Waals surface area contributed by atoms with Crippen molar-refractivity contribution in [2.24, 2.45) is 22.4 Å². The molecule has 0 bridgehead atoms. The third kappa shape index (κ3) is 3.81. The first-order valence-electron chi connectivity index (χ1n) is 5.20. The molecule has 0 spiro atoms. The summed E-state index contributed by atoms with van der Waals surface area (Å²) in [5.41, 5.74) is 15.3. The van der Waals surface area contributed by atoms with Crippen LogP contribution in [0.4, 0.5) is 0 Å². The first kappa shape index (κ1) is 13.6. The zero-order valence-electron chi connectivity index (χ0n) is 9.63. The number of amides is 1. The molecule has 0 radical (unpaired) electrons. The molecule has 0 aliphatic heterocycles. The van der Waals surface area contributed by atoms with E-state index >= 15 is 0 Å². The largest absolute Gasteiger partial charge is 0.393 e. The molecule has 18 heavy (non-hydrogen) atoms. The second kappa shape index (κ2) is 6.28. The molecule has 1 aromatic rings. The summed E-state index contributed by atoms with van der Waals surface area (Å²) in [5, 5.41) is 3.31. The highest BCUT2D eigenvalue weighted by molar-refractivity contribution is 5.81. The minimum Gasteiger partial charge on any atom is -0.393 e. The number of hydrogen-bond donors (Lipinski definition) is 4. The highest BCUT2D eigenvalue weighted by atomic mass is 16.6. The van der Waals surface area contributed by atoms with Gasteiger partial charge in [0.25, 0.3) is 5.56 Å². The lowest BCUT2D eigenvalue weighted by molar-refractivity contribution is -0.119. The number of nitrogens with one attached hydrogen (secondary N) is 1. The molecule has 0 aromatic carbocycles. The molecule has 0 fully saturated rings. The predicted molar refractivity (Wildman–Crippen MR) is 65.4 cm³/mol. The number of carbonyl (C=O) groups excluding carboxylic acids is 1. The zero-order chi connectivity index (χ0) is 13.5. The van der Waals surface area contributed by atoms with E-state index in [-0.39, 0.29) is 24.5 Å². The second-order valence-corrected chi connectivity index (χ2v) is 3.55. The number of guanidine groups is 1. The Kier molecular flexibility index (Phi) is 4.73. The van der Waals surface area contributed by atoms with Crippen molar-refractivity contribution < 1.29 is 9.63 Å². The predicted octanol–water partition coefficient (Wildman–Crippen LogP) is -1.46. The van der Waals surface area contributed by atoms with Gasteiger partial charge in [0.2, 0.25) is 11.9 Å². The summed E-state index contributed by atoms with van der Waals surface area (Å²) in [7, 11) is 0. The van der Waals surface area contributed by atoms with Crippen LogP contribution < -0.4 is 22.8 Å². The van der Waals surface area contributed by atoms with Crippen LogP contribution in [0.1, 0.15) is 17.9 Å². The molecule has 8 nitrogen and oxygen atoms in total. The molecule has 1 amide bonds. The molecule has 1 rings (SSSR count). The van der Waals surface area contributed by atoms with Crippen molar-refractivity contribution in [1.29, 1.82) is 0 Å². The monoisotopic (exact) mass is 253 g/mol. The maximum atomic E-state index is 11.5. The van der Waals surface area contributed by atoms with Crippen LogP contribution >= 0.6 is 0 Å². The van der Waals surface area contributed by atoms with E-state index in [0.29, 0.717) is 5.56 Å². The summed E-state index contributed by atoms with van der Waals surface area (Å²) in [6.07, 6.45) is 1.68. The van der Waals surface area contributed by atoms with Crippen molar-refractivity contribution in [3.05, 3.63) is 34.2 Å². The first-order chi connectivity index (χ1) is 8.52. The zero-order valence-corrected chi connectivity index (χ0v) is 9.63.